The first-order chi connectivity index (χ1) is 12.1. The molecule has 0 saturated heterocycles. The van der Waals surface area contributed by atoms with E-state index in [-0.39, 0.29) is 4.90 Å². The molecule has 0 amide bonds. The largest absolute Gasteiger partial charge is 0.494 e. The molecule has 0 unspecified atom stereocenters. The SMILES string of the molecule is CCCOc1ccccc1/C=N/NS(=O)(=O)c1ccc(OCC)cc1. The minimum Gasteiger partial charge on any atom is -0.494 e. The summed E-state index contributed by atoms with van der Waals surface area (Å²) in [6.07, 6.45) is 2.31. The summed E-state index contributed by atoms with van der Waals surface area (Å²) in [6.45, 7) is 4.99. The van der Waals surface area contributed by atoms with Crippen LogP contribution in [0.15, 0.2) is 58.5 Å². The Morgan fingerprint density at radius 2 is 1.76 bits per heavy atom. The van der Waals surface area contributed by atoms with Crippen LogP contribution in [0.1, 0.15) is 25.8 Å². The second kappa shape index (κ2) is 9.08. The number of benzene rings is 2. The summed E-state index contributed by atoms with van der Waals surface area (Å²) in [7, 11) is -3.74. The van der Waals surface area contributed by atoms with Gasteiger partial charge in [-0.3, -0.25) is 0 Å². The first-order valence-corrected chi connectivity index (χ1v) is 9.54. The van der Waals surface area contributed by atoms with Crippen molar-refractivity contribution in [3.63, 3.8) is 0 Å². The van der Waals surface area contributed by atoms with E-state index in [4.69, 9.17) is 9.47 Å². The van der Waals surface area contributed by atoms with Gasteiger partial charge in [-0.25, -0.2) is 4.83 Å². The summed E-state index contributed by atoms with van der Waals surface area (Å²) in [5, 5.41) is 3.84. The van der Waals surface area contributed by atoms with Gasteiger partial charge in [0.2, 0.25) is 0 Å². The van der Waals surface area contributed by atoms with Gasteiger partial charge in [-0.2, -0.15) is 13.5 Å². The second-order valence-electron chi connectivity index (χ2n) is 5.14. The Balaban J connectivity index is 2.07. The van der Waals surface area contributed by atoms with E-state index >= 15 is 0 Å². The minimum atomic E-state index is -3.74. The molecular weight excluding hydrogens is 340 g/mol. The fourth-order valence-corrected chi connectivity index (χ4v) is 2.82. The zero-order chi connectivity index (χ0) is 18.1. The average Bonchev–Trinajstić information content (AvgIpc) is 2.61. The maximum atomic E-state index is 12.3. The van der Waals surface area contributed by atoms with Crippen LogP contribution in [0.2, 0.25) is 0 Å². The maximum Gasteiger partial charge on any atom is 0.276 e. The summed E-state index contributed by atoms with van der Waals surface area (Å²) in [4.78, 5) is 2.32. The molecule has 7 heteroatoms. The lowest BCUT2D eigenvalue weighted by molar-refractivity contribution is 0.317. The van der Waals surface area contributed by atoms with Crippen LogP contribution < -0.4 is 14.3 Å². The van der Waals surface area contributed by atoms with E-state index in [0.717, 1.165) is 6.42 Å². The molecule has 2 rings (SSSR count). The molecule has 134 valence electrons. The number of hydrogen-bond acceptors (Lipinski definition) is 5. The van der Waals surface area contributed by atoms with Gasteiger partial charge in [-0.1, -0.05) is 19.1 Å². The fraction of sp³-hybridized carbons (Fsp3) is 0.278. The van der Waals surface area contributed by atoms with Crippen LogP contribution in [-0.4, -0.2) is 27.8 Å². The lowest BCUT2D eigenvalue weighted by Gasteiger charge is -2.08. The van der Waals surface area contributed by atoms with Gasteiger partial charge in [0, 0.05) is 5.56 Å². The van der Waals surface area contributed by atoms with E-state index in [1.807, 2.05) is 32.0 Å². The summed E-state index contributed by atoms with van der Waals surface area (Å²) in [5.41, 5.74) is 0.699. The number of nitrogens with one attached hydrogen (secondary N) is 1. The number of nitrogens with zero attached hydrogens (tertiary/aromatic N) is 1. The maximum absolute atomic E-state index is 12.3. The molecular formula is C18H22N2O4S. The third-order valence-corrected chi connectivity index (χ3v) is 4.44. The monoisotopic (exact) mass is 362 g/mol. The molecule has 0 spiro atoms. The highest BCUT2D eigenvalue weighted by Gasteiger charge is 2.12. The lowest BCUT2D eigenvalue weighted by Crippen LogP contribution is -2.18. The van der Waals surface area contributed by atoms with Crippen molar-refractivity contribution in [2.45, 2.75) is 25.2 Å². The molecule has 0 aliphatic carbocycles. The Morgan fingerprint density at radius 1 is 1.04 bits per heavy atom. The number of hydrazone groups is 1. The molecule has 1 N–H and O–H groups in total. The van der Waals surface area contributed by atoms with Crippen LogP contribution in [0.4, 0.5) is 0 Å². The standard InChI is InChI=1S/C18H22N2O4S/c1-3-13-24-18-8-6-5-7-15(18)14-19-20-25(21,22)17-11-9-16(10-12-17)23-4-2/h5-12,14,20H,3-4,13H2,1-2H3/b19-14+. The number of rotatable bonds is 9. The Bertz CT molecular complexity index is 802. The van der Waals surface area contributed by atoms with Crippen LogP contribution in [0.5, 0.6) is 11.5 Å². The normalized spacial score (nSPS) is 11.4. The van der Waals surface area contributed by atoms with Crippen molar-refractivity contribution in [1.82, 2.24) is 4.83 Å². The highest BCUT2D eigenvalue weighted by molar-refractivity contribution is 7.89. The number of ether oxygens (including phenoxy) is 2. The van der Waals surface area contributed by atoms with Gasteiger partial charge in [0.1, 0.15) is 11.5 Å². The van der Waals surface area contributed by atoms with Gasteiger partial charge in [-0.15, -0.1) is 0 Å². The van der Waals surface area contributed by atoms with Crippen molar-refractivity contribution in [2.24, 2.45) is 5.10 Å². The number of para-hydroxylation sites is 1. The zero-order valence-electron chi connectivity index (χ0n) is 14.3. The Kier molecular flexibility index (Phi) is 6.82. The van der Waals surface area contributed by atoms with E-state index in [9.17, 15) is 8.42 Å². The van der Waals surface area contributed by atoms with Crippen molar-refractivity contribution in [3.8, 4) is 11.5 Å². The predicted octanol–water partition coefficient (Wildman–Crippen LogP) is 3.19. The van der Waals surface area contributed by atoms with E-state index in [1.54, 1.807) is 18.2 Å². The molecule has 6 nitrogen and oxygen atoms in total. The molecule has 25 heavy (non-hydrogen) atoms. The molecule has 0 radical (unpaired) electrons. The Hall–Kier alpha value is -2.54. The van der Waals surface area contributed by atoms with E-state index in [0.29, 0.717) is 30.3 Å². The molecule has 0 heterocycles. The van der Waals surface area contributed by atoms with Crippen LogP contribution in [0, 0.1) is 0 Å². The lowest BCUT2D eigenvalue weighted by atomic mass is 10.2. The third-order valence-electron chi connectivity index (χ3n) is 3.20. The van der Waals surface area contributed by atoms with Crippen LogP contribution >= 0.6 is 0 Å². The van der Waals surface area contributed by atoms with Crippen molar-refractivity contribution >= 4 is 16.2 Å². The highest BCUT2D eigenvalue weighted by Crippen LogP contribution is 2.17. The van der Waals surface area contributed by atoms with Gasteiger partial charge in [0.15, 0.2) is 0 Å². The topological polar surface area (TPSA) is 77.0 Å². The van der Waals surface area contributed by atoms with Crippen molar-refractivity contribution in [2.75, 3.05) is 13.2 Å². The smallest absolute Gasteiger partial charge is 0.276 e. The molecule has 0 saturated carbocycles. The second-order valence-corrected chi connectivity index (χ2v) is 6.80. The van der Waals surface area contributed by atoms with Crippen molar-refractivity contribution in [3.05, 3.63) is 54.1 Å². The summed E-state index contributed by atoms with van der Waals surface area (Å²) in [5.74, 6) is 1.28. The first kappa shape index (κ1) is 18.8. The van der Waals surface area contributed by atoms with Crippen LogP contribution in [0.3, 0.4) is 0 Å². The van der Waals surface area contributed by atoms with E-state index in [2.05, 4.69) is 9.93 Å². The van der Waals surface area contributed by atoms with E-state index in [1.165, 1.54) is 18.3 Å². The minimum absolute atomic E-state index is 0.114. The highest BCUT2D eigenvalue weighted by atomic mass is 32.2. The van der Waals surface area contributed by atoms with Gasteiger partial charge in [-0.05, 0) is 49.7 Å². The van der Waals surface area contributed by atoms with Gasteiger partial charge in [0.25, 0.3) is 10.0 Å². The predicted molar refractivity (Wildman–Crippen MR) is 97.8 cm³/mol. The number of sulfonamides is 1. The molecule has 0 aliphatic rings. The molecule has 2 aromatic carbocycles. The molecule has 0 atom stereocenters. The van der Waals surface area contributed by atoms with Crippen LogP contribution in [0.25, 0.3) is 0 Å². The van der Waals surface area contributed by atoms with Crippen molar-refractivity contribution in [1.29, 1.82) is 0 Å². The quantitative estimate of drug-likeness (QED) is 0.549. The summed E-state index contributed by atoms with van der Waals surface area (Å²) < 4.78 is 35.4. The Morgan fingerprint density at radius 3 is 2.44 bits per heavy atom. The molecule has 0 bridgehead atoms. The van der Waals surface area contributed by atoms with Gasteiger partial charge >= 0.3 is 0 Å². The average molecular weight is 362 g/mol. The van der Waals surface area contributed by atoms with Crippen molar-refractivity contribution < 1.29 is 17.9 Å². The molecule has 0 fully saturated rings. The van der Waals surface area contributed by atoms with Gasteiger partial charge < -0.3 is 9.47 Å². The first-order valence-electron chi connectivity index (χ1n) is 8.06. The Labute approximate surface area is 148 Å². The third kappa shape index (κ3) is 5.49. The number of hydrogen-bond donors (Lipinski definition) is 1. The zero-order valence-corrected chi connectivity index (χ0v) is 15.1. The summed E-state index contributed by atoms with van der Waals surface area (Å²) >= 11 is 0. The molecule has 0 aliphatic heterocycles. The van der Waals surface area contributed by atoms with Gasteiger partial charge in [0.05, 0.1) is 24.3 Å². The fourth-order valence-electron chi connectivity index (χ4n) is 2.03. The molecule has 2 aromatic rings. The van der Waals surface area contributed by atoms with E-state index < -0.39 is 10.0 Å². The van der Waals surface area contributed by atoms with Crippen LogP contribution in [-0.2, 0) is 10.0 Å². The molecule has 0 aromatic heterocycles. The summed E-state index contributed by atoms with van der Waals surface area (Å²) in [6, 6.07) is 13.5.